The Hall–Kier alpha value is -0.520. The highest BCUT2D eigenvalue weighted by Gasteiger charge is 2.17. The molecule has 2 aromatic rings. The minimum absolute atomic E-state index is 0.0672. The van der Waals surface area contributed by atoms with Gasteiger partial charge in [0, 0.05) is 38.0 Å². The third-order valence-electron chi connectivity index (χ3n) is 3.57. The summed E-state index contributed by atoms with van der Waals surface area (Å²) in [5.74, 6) is 1.69. The van der Waals surface area contributed by atoms with Gasteiger partial charge in [-0.2, -0.15) is 11.8 Å². The molecule has 0 radical (unpaired) electrons. The first-order valence-corrected chi connectivity index (χ1v) is 11.4. The van der Waals surface area contributed by atoms with Crippen LogP contribution in [0.15, 0.2) is 47.4 Å². The zero-order chi connectivity index (χ0) is 18.9. The third-order valence-corrected chi connectivity index (χ3v) is 6.80. The van der Waals surface area contributed by atoms with Crippen molar-refractivity contribution in [2.75, 3.05) is 12.3 Å². The Labute approximate surface area is 178 Å². The van der Waals surface area contributed by atoms with Crippen LogP contribution in [0, 0.1) is 0 Å². The fraction of sp³-hybridized carbons (Fsp3) is 0.316. The van der Waals surface area contributed by atoms with Crippen molar-refractivity contribution in [2.24, 2.45) is 0 Å². The second-order valence-corrected chi connectivity index (χ2v) is 9.21. The predicted molar refractivity (Wildman–Crippen MR) is 117 cm³/mol. The maximum Gasteiger partial charge on any atom is 0.233 e. The number of amides is 1. The van der Waals surface area contributed by atoms with Gasteiger partial charge in [-0.15, -0.1) is 11.8 Å². The molecule has 0 aromatic heterocycles. The Morgan fingerprint density at radius 2 is 1.77 bits per heavy atom. The predicted octanol–water partition coefficient (Wildman–Crippen LogP) is 6.57. The van der Waals surface area contributed by atoms with Crippen LogP contribution >= 0.6 is 58.3 Å². The number of thioether (sulfide) groups is 2. The first-order valence-electron chi connectivity index (χ1n) is 8.21. The summed E-state index contributed by atoms with van der Waals surface area (Å²) in [6.07, 6.45) is 0.770. The van der Waals surface area contributed by atoms with Gasteiger partial charge in [0.25, 0.3) is 0 Å². The number of halogens is 3. The Morgan fingerprint density at radius 3 is 2.42 bits per heavy atom. The average Bonchev–Trinajstić information content (AvgIpc) is 2.62. The van der Waals surface area contributed by atoms with Crippen LogP contribution in [-0.2, 0) is 10.5 Å². The largest absolute Gasteiger partial charge is 0.354 e. The molecule has 0 unspecified atom stereocenters. The number of hydrogen-bond donors (Lipinski definition) is 1. The second-order valence-electron chi connectivity index (χ2n) is 5.55. The summed E-state index contributed by atoms with van der Waals surface area (Å²) < 4.78 is 0. The molecule has 0 saturated carbocycles. The van der Waals surface area contributed by atoms with Gasteiger partial charge in [0.1, 0.15) is 0 Å². The van der Waals surface area contributed by atoms with Crippen LogP contribution in [0.25, 0.3) is 0 Å². The van der Waals surface area contributed by atoms with Crippen molar-refractivity contribution < 1.29 is 4.79 Å². The molecule has 2 aromatic carbocycles. The van der Waals surface area contributed by atoms with Crippen LogP contribution in [0.5, 0.6) is 0 Å². The summed E-state index contributed by atoms with van der Waals surface area (Å²) in [7, 11) is 0. The number of hydrogen-bond acceptors (Lipinski definition) is 3. The van der Waals surface area contributed by atoms with Crippen LogP contribution < -0.4 is 5.32 Å². The summed E-state index contributed by atoms with van der Waals surface area (Å²) in [6.45, 7) is 2.65. The Morgan fingerprint density at radius 1 is 1.08 bits per heavy atom. The molecule has 2 rings (SSSR count). The third kappa shape index (κ3) is 7.24. The van der Waals surface area contributed by atoms with Gasteiger partial charge in [0.05, 0.1) is 5.25 Å². The van der Waals surface area contributed by atoms with Crippen molar-refractivity contribution in [3.05, 3.63) is 63.1 Å². The molecule has 0 saturated heterocycles. The van der Waals surface area contributed by atoms with Gasteiger partial charge in [-0.05, 0) is 48.4 Å². The topological polar surface area (TPSA) is 29.1 Å². The van der Waals surface area contributed by atoms with E-state index in [4.69, 9.17) is 34.8 Å². The van der Waals surface area contributed by atoms with E-state index in [0.717, 1.165) is 28.4 Å². The van der Waals surface area contributed by atoms with Crippen LogP contribution in [0.3, 0.4) is 0 Å². The van der Waals surface area contributed by atoms with Gasteiger partial charge >= 0.3 is 0 Å². The summed E-state index contributed by atoms with van der Waals surface area (Å²) in [5.41, 5.74) is 1.05. The average molecular weight is 449 g/mol. The van der Waals surface area contributed by atoms with Crippen molar-refractivity contribution in [3.63, 3.8) is 0 Å². The van der Waals surface area contributed by atoms with Crippen molar-refractivity contribution in [1.29, 1.82) is 0 Å². The van der Waals surface area contributed by atoms with Crippen LogP contribution in [0.1, 0.15) is 18.9 Å². The van der Waals surface area contributed by atoms with Gasteiger partial charge in [0.2, 0.25) is 5.91 Å². The summed E-state index contributed by atoms with van der Waals surface area (Å²) in [4.78, 5) is 13.4. The minimum atomic E-state index is -0.105. The van der Waals surface area contributed by atoms with Gasteiger partial charge in [-0.3, -0.25) is 4.79 Å². The molecule has 7 heteroatoms. The van der Waals surface area contributed by atoms with E-state index in [1.54, 1.807) is 29.6 Å². The number of rotatable bonds is 9. The van der Waals surface area contributed by atoms with Crippen molar-refractivity contribution >= 4 is 64.2 Å². The highest BCUT2D eigenvalue weighted by Crippen LogP contribution is 2.27. The monoisotopic (exact) mass is 447 g/mol. The first kappa shape index (κ1) is 21.8. The standard InChI is InChI=1S/C19H20Cl3NOS2/c1-2-18(26-16-7-5-14(20)6-8-16)19(24)23-9-10-25-12-13-3-4-15(21)11-17(13)22/h3-8,11,18H,2,9-10,12H2,1H3,(H,23,24)/t18-/m1/s1. The molecular formula is C19H20Cl3NOS2. The van der Waals surface area contributed by atoms with E-state index in [9.17, 15) is 4.79 Å². The Balaban J connectivity index is 1.71. The molecule has 1 amide bonds. The molecule has 0 spiro atoms. The normalized spacial score (nSPS) is 12.0. The molecule has 0 aliphatic heterocycles. The lowest BCUT2D eigenvalue weighted by molar-refractivity contribution is -0.120. The Kier molecular flexibility index (Phi) is 9.51. The zero-order valence-electron chi connectivity index (χ0n) is 14.3. The molecule has 1 atom stereocenters. The lowest BCUT2D eigenvalue weighted by atomic mass is 10.2. The van der Waals surface area contributed by atoms with Crippen molar-refractivity contribution in [2.45, 2.75) is 29.2 Å². The summed E-state index contributed by atoms with van der Waals surface area (Å²) in [5, 5.41) is 4.93. The fourth-order valence-corrected chi connectivity index (χ4v) is 4.70. The van der Waals surface area contributed by atoms with E-state index in [2.05, 4.69) is 5.32 Å². The molecule has 0 aliphatic rings. The van der Waals surface area contributed by atoms with Gasteiger partial charge < -0.3 is 5.32 Å². The quantitative estimate of drug-likeness (QED) is 0.347. The molecule has 1 N–H and O–H groups in total. The van der Waals surface area contributed by atoms with Crippen LogP contribution in [-0.4, -0.2) is 23.5 Å². The molecular weight excluding hydrogens is 429 g/mol. The zero-order valence-corrected chi connectivity index (χ0v) is 18.2. The Bertz CT molecular complexity index is 725. The molecule has 0 aliphatic carbocycles. The van der Waals surface area contributed by atoms with Crippen LogP contribution in [0.4, 0.5) is 0 Å². The molecule has 26 heavy (non-hydrogen) atoms. The van der Waals surface area contributed by atoms with E-state index in [0.29, 0.717) is 21.6 Å². The van der Waals surface area contributed by atoms with Gasteiger partial charge in [-0.1, -0.05) is 47.8 Å². The molecule has 0 fully saturated rings. The summed E-state index contributed by atoms with van der Waals surface area (Å²) in [6, 6.07) is 13.1. The van der Waals surface area contributed by atoms with Crippen molar-refractivity contribution in [1.82, 2.24) is 5.32 Å². The highest BCUT2D eigenvalue weighted by molar-refractivity contribution is 8.00. The van der Waals surface area contributed by atoms with E-state index in [1.807, 2.05) is 43.3 Å². The van der Waals surface area contributed by atoms with Gasteiger partial charge in [0.15, 0.2) is 0 Å². The molecule has 2 nitrogen and oxygen atoms in total. The molecule has 0 bridgehead atoms. The maximum atomic E-state index is 12.4. The smallest absolute Gasteiger partial charge is 0.233 e. The maximum absolute atomic E-state index is 12.4. The number of carbonyl (C=O) groups is 1. The highest BCUT2D eigenvalue weighted by atomic mass is 35.5. The van der Waals surface area contributed by atoms with E-state index in [1.165, 1.54) is 0 Å². The van der Waals surface area contributed by atoms with E-state index < -0.39 is 0 Å². The van der Waals surface area contributed by atoms with Crippen LogP contribution in [0.2, 0.25) is 15.1 Å². The number of nitrogens with one attached hydrogen (secondary N) is 1. The lowest BCUT2D eigenvalue weighted by Crippen LogP contribution is -2.33. The second kappa shape index (κ2) is 11.4. The molecule has 0 heterocycles. The fourth-order valence-electron chi connectivity index (χ4n) is 2.18. The lowest BCUT2D eigenvalue weighted by Gasteiger charge is -2.14. The first-order chi connectivity index (χ1) is 12.5. The number of benzene rings is 2. The molecule has 140 valence electrons. The van der Waals surface area contributed by atoms with E-state index in [-0.39, 0.29) is 11.2 Å². The SMILES string of the molecule is CC[C@@H](Sc1ccc(Cl)cc1)C(=O)NCCSCc1ccc(Cl)cc1Cl. The van der Waals surface area contributed by atoms with Gasteiger partial charge in [-0.25, -0.2) is 0 Å². The number of carbonyl (C=O) groups excluding carboxylic acids is 1. The van der Waals surface area contributed by atoms with E-state index >= 15 is 0 Å². The summed E-state index contributed by atoms with van der Waals surface area (Å²) >= 11 is 21.2. The minimum Gasteiger partial charge on any atom is -0.354 e. The van der Waals surface area contributed by atoms with Crippen molar-refractivity contribution in [3.8, 4) is 0 Å².